The second kappa shape index (κ2) is 11.2. The van der Waals surface area contributed by atoms with Gasteiger partial charge in [0.25, 0.3) is 5.91 Å². The molecule has 4 atom stereocenters. The van der Waals surface area contributed by atoms with Crippen LogP contribution < -0.4 is 10.5 Å². The van der Waals surface area contributed by atoms with Crippen LogP contribution in [0.25, 0.3) is 0 Å². The number of methoxy groups -OCH3 is 1. The van der Waals surface area contributed by atoms with Gasteiger partial charge < -0.3 is 30.9 Å². The van der Waals surface area contributed by atoms with Crippen LogP contribution in [0.2, 0.25) is 0 Å². The van der Waals surface area contributed by atoms with Gasteiger partial charge >= 0.3 is 0 Å². The molecule has 0 unspecified atom stereocenters. The smallest absolute Gasteiger partial charge is 0.255 e. The van der Waals surface area contributed by atoms with E-state index < -0.39 is 58.0 Å². The number of phenolic OH excluding ortho intramolecular Hbond substituents is 1. The van der Waals surface area contributed by atoms with Gasteiger partial charge in [0, 0.05) is 34.7 Å². The Bertz CT molecular complexity index is 1470. The van der Waals surface area contributed by atoms with Gasteiger partial charge in [-0.2, -0.15) is 0 Å². The number of aliphatic hydroxyl groups excluding tert-OH is 2. The number of nitrogens with two attached hydrogens (primary N) is 1. The number of rotatable bonds is 8. The fourth-order valence-corrected chi connectivity index (χ4v) is 8.10. The van der Waals surface area contributed by atoms with Crippen LogP contribution >= 0.6 is 0 Å². The number of benzene rings is 1. The summed E-state index contributed by atoms with van der Waals surface area (Å²) in [7, 11) is 4.71. The van der Waals surface area contributed by atoms with Crippen molar-refractivity contribution in [3.8, 4) is 11.5 Å². The summed E-state index contributed by atoms with van der Waals surface area (Å²) >= 11 is 0. The summed E-state index contributed by atoms with van der Waals surface area (Å²) in [5, 5.41) is 45.5. The summed E-state index contributed by atoms with van der Waals surface area (Å²) in [6.07, 6.45) is 1.09. The van der Waals surface area contributed by atoms with Crippen LogP contribution in [0.1, 0.15) is 75.9 Å². The van der Waals surface area contributed by atoms with Gasteiger partial charge in [0.05, 0.1) is 18.7 Å². The Kier molecular flexibility index (Phi) is 8.51. The molecular formula is C33H47N3O8. The monoisotopic (exact) mass is 613 g/mol. The lowest BCUT2D eigenvalue weighted by atomic mass is 9.58. The first-order valence-electron chi connectivity index (χ1n) is 15.0. The van der Waals surface area contributed by atoms with Crippen LogP contribution in [0.5, 0.6) is 11.5 Å². The van der Waals surface area contributed by atoms with Gasteiger partial charge in [-0.25, -0.2) is 0 Å². The molecule has 0 saturated carbocycles. The lowest BCUT2D eigenvalue weighted by Crippen LogP contribution is -2.63. The molecule has 0 radical (unpaired) electrons. The first-order valence-corrected chi connectivity index (χ1v) is 15.0. The van der Waals surface area contributed by atoms with E-state index in [4.69, 9.17) is 10.5 Å². The first-order chi connectivity index (χ1) is 20.2. The highest BCUT2D eigenvalue weighted by atomic mass is 16.5. The number of aliphatic hydroxyl groups is 3. The minimum Gasteiger partial charge on any atom is -0.510 e. The van der Waals surface area contributed by atoms with Crippen LogP contribution in [0.15, 0.2) is 28.7 Å². The standard InChI is InChI=1S/C33H47N3O8/c1-10-36(32(5,6)15-31(2,3)4)14-17-13-20(37)22-18(27(17)44-9)11-16-12-19-24(35(7)8)26(39)23(30(34)42)29(41)33(19,43)28(40)21(16)25(22)38/h13,16,19,24,37,39-40,43H,10-12,14-15H2,1-9H3,(H2,34,42)/t16-,19-,24-,33-/m0/s1. The summed E-state index contributed by atoms with van der Waals surface area (Å²) < 4.78 is 5.89. The lowest BCUT2D eigenvalue weighted by Gasteiger charge is -2.50. The molecule has 1 aromatic carbocycles. The van der Waals surface area contributed by atoms with E-state index in [2.05, 4.69) is 46.4 Å². The van der Waals surface area contributed by atoms with Crippen LogP contribution in [0, 0.1) is 17.3 Å². The second-order valence-corrected chi connectivity index (χ2v) is 14.5. The van der Waals surface area contributed by atoms with E-state index in [-0.39, 0.29) is 40.7 Å². The number of nitrogens with zero attached hydrogens (tertiary/aromatic N) is 2. The molecule has 0 aromatic heterocycles. The third-order valence-corrected chi connectivity index (χ3v) is 9.52. The molecule has 44 heavy (non-hydrogen) atoms. The minimum atomic E-state index is -2.68. The van der Waals surface area contributed by atoms with E-state index in [1.807, 2.05) is 0 Å². The number of hydrogen-bond donors (Lipinski definition) is 5. The average Bonchev–Trinajstić information content (AvgIpc) is 2.87. The van der Waals surface area contributed by atoms with E-state index in [9.17, 15) is 34.8 Å². The molecule has 0 aliphatic heterocycles. The Hall–Kier alpha value is -3.41. The average molecular weight is 614 g/mol. The highest BCUT2D eigenvalue weighted by Gasteiger charge is 2.63. The molecular weight excluding hydrogens is 566 g/mol. The second-order valence-electron chi connectivity index (χ2n) is 14.5. The molecule has 11 heteroatoms. The maximum absolute atomic E-state index is 14.0. The first kappa shape index (κ1) is 33.5. The number of fused-ring (bicyclic) bond motifs is 3. The normalized spacial score (nSPS) is 25.8. The third kappa shape index (κ3) is 5.18. The Morgan fingerprint density at radius 2 is 1.75 bits per heavy atom. The molecule has 3 aliphatic rings. The molecule has 242 valence electrons. The Morgan fingerprint density at radius 1 is 1.14 bits per heavy atom. The van der Waals surface area contributed by atoms with E-state index in [1.165, 1.54) is 18.1 Å². The van der Waals surface area contributed by atoms with Crippen molar-refractivity contribution in [1.29, 1.82) is 0 Å². The predicted molar refractivity (Wildman–Crippen MR) is 164 cm³/mol. The van der Waals surface area contributed by atoms with Crippen LogP contribution in [-0.4, -0.2) is 92.6 Å². The van der Waals surface area contributed by atoms with Gasteiger partial charge in [-0.05, 0) is 71.1 Å². The molecule has 0 heterocycles. The van der Waals surface area contributed by atoms with Crippen molar-refractivity contribution in [1.82, 2.24) is 9.80 Å². The lowest BCUT2D eigenvalue weighted by molar-refractivity contribution is -0.148. The number of likely N-dealkylation sites (N-methyl/N-ethyl adjacent to an activating group) is 1. The van der Waals surface area contributed by atoms with E-state index >= 15 is 0 Å². The molecule has 1 aromatic rings. The van der Waals surface area contributed by atoms with E-state index in [0.717, 1.165) is 13.0 Å². The molecule has 6 N–H and O–H groups in total. The number of Topliss-reactive ketones (excluding diaryl/α,β-unsaturated/α-hetero) is 2. The Labute approximate surface area is 259 Å². The highest BCUT2D eigenvalue weighted by Crippen LogP contribution is 2.53. The predicted octanol–water partition coefficient (Wildman–Crippen LogP) is 3.17. The number of phenols is 1. The van der Waals surface area contributed by atoms with Gasteiger partial charge in [0.15, 0.2) is 11.4 Å². The van der Waals surface area contributed by atoms with Crippen molar-refractivity contribution in [2.45, 2.75) is 84.5 Å². The SMILES string of the molecule is CCN(Cc1cc(O)c2c(c1OC)C[C@H]1C[C@H]3[C@H](N(C)C)C(O)=C(C(N)=O)C(=O)[C@@]3(O)C(O)=C1C2=O)C(C)(C)CC(C)(C)C. The Morgan fingerprint density at radius 3 is 2.25 bits per heavy atom. The van der Waals surface area contributed by atoms with Crippen LogP contribution in [0.3, 0.4) is 0 Å². The van der Waals surface area contributed by atoms with Gasteiger partial charge in [-0.1, -0.05) is 27.7 Å². The molecule has 11 nitrogen and oxygen atoms in total. The summed E-state index contributed by atoms with van der Waals surface area (Å²) in [4.78, 5) is 43.5. The van der Waals surface area contributed by atoms with Crippen molar-refractivity contribution in [2.24, 2.45) is 23.0 Å². The number of amides is 1. The number of hydrogen-bond acceptors (Lipinski definition) is 10. The summed E-state index contributed by atoms with van der Waals surface area (Å²) in [5.74, 6) is -6.35. The van der Waals surface area contributed by atoms with Crippen molar-refractivity contribution < 1.29 is 39.5 Å². The van der Waals surface area contributed by atoms with Crippen molar-refractivity contribution in [2.75, 3.05) is 27.7 Å². The van der Waals surface area contributed by atoms with Gasteiger partial charge in [0.1, 0.15) is 28.6 Å². The zero-order valence-corrected chi connectivity index (χ0v) is 27.2. The largest absolute Gasteiger partial charge is 0.510 e. The van der Waals surface area contributed by atoms with E-state index in [0.29, 0.717) is 23.4 Å². The number of allylic oxidation sites excluding steroid dienone is 1. The summed E-state index contributed by atoms with van der Waals surface area (Å²) in [5.41, 5.74) is 2.70. The van der Waals surface area contributed by atoms with Crippen molar-refractivity contribution >= 4 is 17.5 Å². The fourth-order valence-electron chi connectivity index (χ4n) is 8.10. The van der Waals surface area contributed by atoms with Gasteiger partial charge in [-0.15, -0.1) is 0 Å². The third-order valence-electron chi connectivity index (χ3n) is 9.52. The summed E-state index contributed by atoms with van der Waals surface area (Å²) in [6, 6.07) is 0.453. The molecule has 0 fully saturated rings. The van der Waals surface area contributed by atoms with Crippen molar-refractivity contribution in [3.05, 3.63) is 45.4 Å². The number of ether oxygens (including phenoxy) is 1. The molecule has 0 spiro atoms. The number of ketones is 2. The van der Waals surface area contributed by atoms with Crippen molar-refractivity contribution in [3.63, 3.8) is 0 Å². The minimum absolute atomic E-state index is 0.0135. The fraction of sp³-hybridized carbons (Fsp3) is 0.606. The molecule has 0 saturated heterocycles. The van der Waals surface area contributed by atoms with Gasteiger partial charge in [-0.3, -0.25) is 24.2 Å². The zero-order valence-electron chi connectivity index (χ0n) is 27.2. The molecule has 4 rings (SSSR count). The van der Waals surface area contributed by atoms with Crippen LogP contribution in [0.4, 0.5) is 0 Å². The van der Waals surface area contributed by atoms with E-state index in [1.54, 1.807) is 14.1 Å². The maximum atomic E-state index is 14.0. The number of carbonyl (C=O) groups excluding carboxylic acids is 3. The zero-order chi connectivity index (χ0) is 33.3. The highest BCUT2D eigenvalue weighted by molar-refractivity contribution is 6.24. The quantitative estimate of drug-likeness (QED) is 0.274. The maximum Gasteiger partial charge on any atom is 0.255 e. The number of primary amides is 1. The van der Waals surface area contributed by atoms with Gasteiger partial charge in [0.2, 0.25) is 5.78 Å². The molecule has 3 aliphatic carbocycles. The number of aromatic hydroxyl groups is 1. The van der Waals surface area contributed by atoms with Crippen LogP contribution in [-0.2, 0) is 22.6 Å². The molecule has 1 amide bonds. The topological polar surface area (TPSA) is 174 Å². The summed E-state index contributed by atoms with van der Waals surface area (Å²) in [6.45, 7) is 14.2. The number of carbonyl (C=O) groups is 3. The molecule has 0 bridgehead atoms. The Balaban J connectivity index is 1.86.